The summed E-state index contributed by atoms with van der Waals surface area (Å²) in [5, 5.41) is 6.36. The molecule has 0 saturated carbocycles. The molecular formula is C19H17F3N4O3. The number of aromatic nitrogens is 3. The lowest BCUT2D eigenvalue weighted by molar-refractivity contribution is -0.141. The minimum absolute atomic E-state index is 0.208. The van der Waals surface area contributed by atoms with Crippen LogP contribution >= 0.6 is 0 Å². The average Bonchev–Trinajstić information content (AvgIpc) is 3.17. The van der Waals surface area contributed by atoms with Crippen molar-refractivity contribution in [2.24, 2.45) is 0 Å². The fourth-order valence-corrected chi connectivity index (χ4v) is 2.56. The first-order valence-electron chi connectivity index (χ1n) is 8.78. The van der Waals surface area contributed by atoms with Gasteiger partial charge in [0.25, 0.3) is 17.4 Å². The quantitative estimate of drug-likeness (QED) is 0.656. The van der Waals surface area contributed by atoms with E-state index in [2.05, 4.69) is 15.5 Å². The number of nitrogens with one attached hydrogen (secondary N) is 2. The molecule has 2 N–H and O–H groups in total. The largest absolute Gasteiger partial charge is 0.431 e. The Kier molecular flexibility index (Phi) is 5.81. The van der Waals surface area contributed by atoms with Gasteiger partial charge in [0.05, 0.1) is 0 Å². The van der Waals surface area contributed by atoms with Gasteiger partial charge in [0.15, 0.2) is 5.82 Å². The maximum Gasteiger partial charge on any atom is 0.431 e. The van der Waals surface area contributed by atoms with Crippen LogP contribution in [0.3, 0.4) is 0 Å². The highest BCUT2D eigenvalue weighted by Gasteiger charge is 2.32. The third-order valence-corrected chi connectivity index (χ3v) is 4.14. The topological polar surface area (TPSA) is 101 Å². The van der Waals surface area contributed by atoms with Gasteiger partial charge in [0.2, 0.25) is 0 Å². The van der Waals surface area contributed by atoms with Crippen molar-refractivity contribution in [1.82, 2.24) is 20.4 Å². The molecule has 2 heterocycles. The average molecular weight is 406 g/mol. The Morgan fingerprint density at radius 3 is 2.48 bits per heavy atom. The summed E-state index contributed by atoms with van der Waals surface area (Å²) in [5.41, 5.74) is -0.998. The number of carbonyl (C=O) groups is 1. The predicted octanol–water partition coefficient (Wildman–Crippen LogP) is 2.98. The number of carbonyl (C=O) groups excluding carboxylic acids is 1. The number of alkyl halides is 3. The minimum Gasteiger partial charge on any atom is -0.352 e. The molecule has 1 aromatic carbocycles. The first-order chi connectivity index (χ1) is 13.8. The molecule has 152 valence electrons. The number of benzene rings is 1. The lowest BCUT2D eigenvalue weighted by atomic mass is 10.1. The third kappa shape index (κ3) is 4.89. The van der Waals surface area contributed by atoms with Crippen molar-refractivity contribution in [3.63, 3.8) is 0 Å². The molecule has 0 spiro atoms. The number of H-pyrrole nitrogens is 1. The van der Waals surface area contributed by atoms with E-state index in [-0.39, 0.29) is 12.1 Å². The molecule has 29 heavy (non-hydrogen) atoms. The molecule has 0 aliphatic carbocycles. The molecule has 0 aliphatic rings. The summed E-state index contributed by atoms with van der Waals surface area (Å²) >= 11 is 0. The summed E-state index contributed by atoms with van der Waals surface area (Å²) < 4.78 is 42.9. The van der Waals surface area contributed by atoms with Crippen molar-refractivity contribution >= 4 is 5.91 Å². The van der Waals surface area contributed by atoms with Crippen LogP contribution in [0.5, 0.6) is 0 Å². The standard InChI is InChI=1S/C19H17F3N4O3/c1-2-15-25-18(29-26-15)12-5-3-11(4-6-12)9-10-23-16(27)13-7-8-14(19(20,21)22)24-17(13)28/h3-8H,2,9-10H2,1H3,(H,23,27)(H,24,28). The van der Waals surface area contributed by atoms with Gasteiger partial charge in [-0.1, -0.05) is 24.2 Å². The van der Waals surface area contributed by atoms with Gasteiger partial charge in [-0.3, -0.25) is 9.59 Å². The lowest BCUT2D eigenvalue weighted by Gasteiger charge is -2.08. The van der Waals surface area contributed by atoms with Crippen LogP contribution < -0.4 is 10.9 Å². The van der Waals surface area contributed by atoms with Crippen molar-refractivity contribution in [1.29, 1.82) is 0 Å². The van der Waals surface area contributed by atoms with Gasteiger partial charge in [-0.05, 0) is 36.2 Å². The summed E-state index contributed by atoms with van der Waals surface area (Å²) in [4.78, 5) is 29.7. The molecule has 3 rings (SSSR count). The van der Waals surface area contributed by atoms with Gasteiger partial charge < -0.3 is 14.8 Å². The molecule has 0 unspecified atom stereocenters. The summed E-state index contributed by atoms with van der Waals surface area (Å²) in [5.74, 6) is 0.294. The molecule has 1 amide bonds. The lowest BCUT2D eigenvalue weighted by Crippen LogP contribution is -2.32. The highest BCUT2D eigenvalue weighted by molar-refractivity contribution is 5.93. The van der Waals surface area contributed by atoms with Crippen LogP contribution in [0, 0.1) is 0 Å². The smallest absolute Gasteiger partial charge is 0.352 e. The highest BCUT2D eigenvalue weighted by Crippen LogP contribution is 2.26. The number of aromatic amines is 1. The third-order valence-electron chi connectivity index (χ3n) is 4.14. The van der Waals surface area contributed by atoms with Gasteiger partial charge in [-0.15, -0.1) is 0 Å². The summed E-state index contributed by atoms with van der Waals surface area (Å²) in [6.45, 7) is 2.13. The molecule has 2 aromatic heterocycles. The fraction of sp³-hybridized carbons (Fsp3) is 0.263. The SMILES string of the molecule is CCc1noc(-c2ccc(CCNC(=O)c3ccc(C(F)(F)F)[nH]c3=O)cc2)n1. The van der Waals surface area contributed by atoms with E-state index >= 15 is 0 Å². The van der Waals surface area contributed by atoms with Gasteiger partial charge in [-0.25, -0.2) is 0 Å². The van der Waals surface area contributed by atoms with Crippen LogP contribution in [-0.2, 0) is 19.0 Å². The molecule has 3 aromatic rings. The molecule has 0 bridgehead atoms. The van der Waals surface area contributed by atoms with Gasteiger partial charge >= 0.3 is 6.18 Å². The van der Waals surface area contributed by atoms with Crippen LogP contribution in [0.4, 0.5) is 13.2 Å². The van der Waals surface area contributed by atoms with Crippen LogP contribution in [0.1, 0.15) is 34.4 Å². The number of amides is 1. The van der Waals surface area contributed by atoms with Crippen LogP contribution in [-0.4, -0.2) is 27.6 Å². The van der Waals surface area contributed by atoms with E-state index in [1.54, 1.807) is 4.98 Å². The van der Waals surface area contributed by atoms with Crippen LogP contribution in [0.2, 0.25) is 0 Å². The van der Waals surface area contributed by atoms with Crippen LogP contribution in [0.15, 0.2) is 45.7 Å². The first-order valence-corrected chi connectivity index (χ1v) is 8.78. The minimum atomic E-state index is -4.68. The Morgan fingerprint density at radius 1 is 1.17 bits per heavy atom. The van der Waals surface area contributed by atoms with Crippen molar-refractivity contribution < 1.29 is 22.5 Å². The fourth-order valence-electron chi connectivity index (χ4n) is 2.56. The Balaban J connectivity index is 1.57. The summed E-state index contributed by atoms with van der Waals surface area (Å²) in [6, 6.07) is 8.82. The second-order valence-corrected chi connectivity index (χ2v) is 6.18. The molecule has 0 fully saturated rings. The van der Waals surface area contributed by atoms with Crippen molar-refractivity contribution in [3.05, 3.63) is 69.4 Å². The Hall–Kier alpha value is -3.43. The zero-order chi connectivity index (χ0) is 21.0. The number of nitrogens with zero attached hydrogens (tertiary/aromatic N) is 2. The van der Waals surface area contributed by atoms with E-state index in [9.17, 15) is 22.8 Å². The van der Waals surface area contributed by atoms with E-state index in [0.29, 0.717) is 30.6 Å². The van der Waals surface area contributed by atoms with E-state index in [4.69, 9.17) is 4.52 Å². The molecule has 10 heteroatoms. The molecule has 0 aliphatic heterocycles. The number of rotatable bonds is 6. The number of hydrogen-bond acceptors (Lipinski definition) is 5. The number of hydrogen-bond donors (Lipinski definition) is 2. The molecule has 0 saturated heterocycles. The Labute approximate surface area is 163 Å². The van der Waals surface area contributed by atoms with Crippen molar-refractivity contribution in [2.75, 3.05) is 6.54 Å². The molecular weight excluding hydrogens is 389 g/mol. The maximum atomic E-state index is 12.6. The van der Waals surface area contributed by atoms with Gasteiger partial charge in [0.1, 0.15) is 11.3 Å². The maximum absolute atomic E-state index is 12.6. The van der Waals surface area contributed by atoms with Gasteiger partial charge in [-0.2, -0.15) is 18.2 Å². The molecule has 7 nitrogen and oxygen atoms in total. The normalized spacial score (nSPS) is 11.4. The van der Waals surface area contributed by atoms with E-state index in [0.717, 1.165) is 17.2 Å². The predicted molar refractivity (Wildman–Crippen MR) is 97.2 cm³/mol. The summed E-state index contributed by atoms with van der Waals surface area (Å²) in [6.07, 6.45) is -3.54. The molecule has 0 radical (unpaired) electrons. The second-order valence-electron chi connectivity index (χ2n) is 6.18. The van der Waals surface area contributed by atoms with Crippen molar-refractivity contribution in [2.45, 2.75) is 25.9 Å². The van der Waals surface area contributed by atoms with Crippen LogP contribution in [0.25, 0.3) is 11.5 Å². The van der Waals surface area contributed by atoms with E-state index in [1.165, 1.54) is 0 Å². The number of aryl methyl sites for hydroxylation is 1. The number of pyridine rings is 1. The number of halogens is 3. The Morgan fingerprint density at radius 2 is 1.90 bits per heavy atom. The second kappa shape index (κ2) is 8.29. The first kappa shape index (κ1) is 20.3. The van der Waals surface area contributed by atoms with Crippen molar-refractivity contribution in [3.8, 4) is 11.5 Å². The zero-order valence-electron chi connectivity index (χ0n) is 15.3. The van der Waals surface area contributed by atoms with Gasteiger partial charge in [0, 0.05) is 18.5 Å². The monoisotopic (exact) mass is 406 g/mol. The molecule has 0 atom stereocenters. The van der Waals surface area contributed by atoms with E-state index < -0.39 is 23.3 Å². The van der Waals surface area contributed by atoms with E-state index in [1.807, 2.05) is 31.2 Å². The zero-order valence-corrected chi connectivity index (χ0v) is 15.3. The Bertz CT molecular complexity index is 1060. The highest BCUT2D eigenvalue weighted by atomic mass is 19.4. The summed E-state index contributed by atoms with van der Waals surface area (Å²) in [7, 11) is 0.